The third-order valence-electron chi connectivity index (χ3n) is 3.12. The summed E-state index contributed by atoms with van der Waals surface area (Å²) in [5.74, 6) is 1.05. The molecule has 0 radical (unpaired) electrons. The lowest BCUT2D eigenvalue weighted by molar-refractivity contribution is 0.0520. The van der Waals surface area contributed by atoms with E-state index >= 15 is 0 Å². The van der Waals surface area contributed by atoms with E-state index in [9.17, 15) is 4.79 Å². The normalized spacial score (nSPS) is 24.1. The van der Waals surface area contributed by atoms with Gasteiger partial charge in [0, 0.05) is 18.5 Å². The monoisotopic (exact) mass is 268 g/mol. The average molecular weight is 268 g/mol. The summed E-state index contributed by atoms with van der Waals surface area (Å²) >= 11 is 1.53. The van der Waals surface area contributed by atoms with Gasteiger partial charge in [0.15, 0.2) is 10.8 Å². The Labute approximate surface area is 112 Å². The molecule has 0 N–H and O–H groups in total. The molecule has 4 nitrogen and oxygen atoms in total. The quantitative estimate of drug-likeness (QED) is 0.791. The Kier molecular flexibility index (Phi) is 4.22. The zero-order chi connectivity index (χ0) is 13.1. The second-order valence-corrected chi connectivity index (χ2v) is 5.92. The van der Waals surface area contributed by atoms with Crippen LogP contribution in [0.4, 0.5) is 5.13 Å². The Balaban J connectivity index is 2.07. The van der Waals surface area contributed by atoms with Gasteiger partial charge in [-0.1, -0.05) is 13.8 Å². The zero-order valence-electron chi connectivity index (χ0n) is 11.2. The largest absolute Gasteiger partial charge is 0.461 e. The predicted molar refractivity (Wildman–Crippen MR) is 73.2 cm³/mol. The number of esters is 1. The Morgan fingerprint density at radius 2 is 2.17 bits per heavy atom. The zero-order valence-corrected chi connectivity index (χ0v) is 12.0. The van der Waals surface area contributed by atoms with E-state index in [1.165, 1.54) is 17.8 Å². The van der Waals surface area contributed by atoms with Crippen molar-refractivity contribution in [1.82, 2.24) is 4.98 Å². The van der Waals surface area contributed by atoms with Crippen molar-refractivity contribution in [2.24, 2.45) is 11.8 Å². The summed E-state index contributed by atoms with van der Waals surface area (Å²) in [7, 11) is 0. The molecule has 1 saturated heterocycles. The molecule has 2 unspecified atom stereocenters. The van der Waals surface area contributed by atoms with Crippen LogP contribution in [0.15, 0.2) is 5.38 Å². The van der Waals surface area contributed by atoms with Crippen LogP contribution in [-0.2, 0) is 4.74 Å². The van der Waals surface area contributed by atoms with Crippen LogP contribution in [0.1, 0.15) is 37.7 Å². The van der Waals surface area contributed by atoms with E-state index in [0.29, 0.717) is 24.1 Å². The molecule has 0 saturated carbocycles. The molecule has 1 aliphatic rings. The molecule has 0 aromatic carbocycles. The van der Waals surface area contributed by atoms with Gasteiger partial charge in [-0.25, -0.2) is 9.78 Å². The molecule has 18 heavy (non-hydrogen) atoms. The number of hydrogen-bond donors (Lipinski definition) is 0. The second kappa shape index (κ2) is 5.69. The number of rotatable bonds is 3. The maximum atomic E-state index is 11.6. The molecule has 2 heterocycles. The SMILES string of the molecule is CCOC(=O)c1csc(N2CC(C)CC(C)C2)n1. The molecule has 1 fully saturated rings. The highest BCUT2D eigenvalue weighted by molar-refractivity contribution is 7.13. The Morgan fingerprint density at radius 1 is 1.50 bits per heavy atom. The summed E-state index contributed by atoms with van der Waals surface area (Å²) in [5.41, 5.74) is 0.433. The molecule has 100 valence electrons. The lowest BCUT2D eigenvalue weighted by atomic mass is 9.92. The number of nitrogens with zero attached hydrogens (tertiary/aromatic N) is 2. The van der Waals surface area contributed by atoms with E-state index < -0.39 is 0 Å². The molecule has 1 aromatic rings. The van der Waals surface area contributed by atoms with Gasteiger partial charge in [-0.15, -0.1) is 11.3 Å². The molecule has 0 aliphatic carbocycles. The molecule has 2 rings (SSSR count). The third kappa shape index (κ3) is 3.02. The highest BCUT2D eigenvalue weighted by Gasteiger charge is 2.24. The topological polar surface area (TPSA) is 42.4 Å². The fourth-order valence-electron chi connectivity index (χ4n) is 2.53. The number of carbonyl (C=O) groups excluding carboxylic acids is 1. The number of piperidine rings is 1. The highest BCUT2D eigenvalue weighted by Crippen LogP contribution is 2.28. The molecule has 2 atom stereocenters. The first-order valence-electron chi connectivity index (χ1n) is 6.47. The van der Waals surface area contributed by atoms with Crippen molar-refractivity contribution in [3.8, 4) is 0 Å². The van der Waals surface area contributed by atoms with Crippen LogP contribution in [0.3, 0.4) is 0 Å². The molecule has 1 aromatic heterocycles. The number of thiazole rings is 1. The molecule has 0 amide bonds. The molecule has 5 heteroatoms. The Morgan fingerprint density at radius 3 is 2.78 bits per heavy atom. The molecule has 0 spiro atoms. The maximum Gasteiger partial charge on any atom is 0.357 e. The van der Waals surface area contributed by atoms with Crippen LogP contribution in [0.2, 0.25) is 0 Å². The summed E-state index contributed by atoms with van der Waals surface area (Å²) in [6.45, 7) is 8.79. The maximum absolute atomic E-state index is 11.6. The standard InChI is InChI=1S/C13H20N2O2S/c1-4-17-12(16)11-8-18-13(14-11)15-6-9(2)5-10(3)7-15/h8-10H,4-7H2,1-3H3. The van der Waals surface area contributed by atoms with Crippen molar-refractivity contribution in [3.63, 3.8) is 0 Å². The van der Waals surface area contributed by atoms with Crippen molar-refractivity contribution in [2.75, 3.05) is 24.6 Å². The van der Waals surface area contributed by atoms with Crippen LogP contribution >= 0.6 is 11.3 Å². The third-order valence-corrected chi connectivity index (χ3v) is 4.02. The Bertz CT molecular complexity index is 409. The van der Waals surface area contributed by atoms with Crippen LogP contribution < -0.4 is 4.90 Å². The number of ether oxygens (including phenoxy) is 1. The van der Waals surface area contributed by atoms with E-state index in [1.54, 1.807) is 12.3 Å². The van der Waals surface area contributed by atoms with Gasteiger partial charge in [0.2, 0.25) is 0 Å². The summed E-state index contributed by atoms with van der Waals surface area (Å²) in [6.07, 6.45) is 1.27. The lowest BCUT2D eigenvalue weighted by Crippen LogP contribution is -2.38. The van der Waals surface area contributed by atoms with Gasteiger partial charge in [-0.05, 0) is 25.2 Å². The first-order valence-corrected chi connectivity index (χ1v) is 7.35. The summed E-state index contributed by atoms with van der Waals surface area (Å²) < 4.78 is 4.96. The van der Waals surface area contributed by atoms with Gasteiger partial charge in [-0.2, -0.15) is 0 Å². The highest BCUT2D eigenvalue weighted by atomic mass is 32.1. The molecule has 0 bridgehead atoms. The van der Waals surface area contributed by atoms with Gasteiger partial charge in [0.1, 0.15) is 0 Å². The van der Waals surface area contributed by atoms with Crippen LogP contribution in [0.25, 0.3) is 0 Å². The second-order valence-electron chi connectivity index (χ2n) is 5.09. The fraction of sp³-hybridized carbons (Fsp3) is 0.692. The minimum atomic E-state index is -0.321. The van der Waals surface area contributed by atoms with Gasteiger partial charge < -0.3 is 9.64 Å². The summed E-state index contributed by atoms with van der Waals surface area (Å²) in [6, 6.07) is 0. The van der Waals surface area contributed by atoms with Crippen LogP contribution in [0, 0.1) is 11.8 Å². The summed E-state index contributed by atoms with van der Waals surface area (Å²) in [4.78, 5) is 18.2. The van der Waals surface area contributed by atoms with Crippen molar-refractivity contribution < 1.29 is 9.53 Å². The van der Waals surface area contributed by atoms with Crippen LogP contribution in [-0.4, -0.2) is 30.6 Å². The van der Waals surface area contributed by atoms with Gasteiger partial charge >= 0.3 is 5.97 Å². The number of carbonyl (C=O) groups is 1. The van der Waals surface area contributed by atoms with Crippen molar-refractivity contribution in [1.29, 1.82) is 0 Å². The minimum Gasteiger partial charge on any atom is -0.461 e. The number of aromatic nitrogens is 1. The van der Waals surface area contributed by atoms with E-state index in [-0.39, 0.29) is 5.97 Å². The van der Waals surface area contributed by atoms with Gasteiger partial charge in [0.25, 0.3) is 0 Å². The molecule has 1 aliphatic heterocycles. The first-order chi connectivity index (χ1) is 8.60. The predicted octanol–water partition coefficient (Wildman–Crippen LogP) is 2.80. The van der Waals surface area contributed by atoms with Gasteiger partial charge in [0.05, 0.1) is 6.61 Å². The van der Waals surface area contributed by atoms with E-state index in [4.69, 9.17) is 4.74 Å². The van der Waals surface area contributed by atoms with Crippen LogP contribution in [0.5, 0.6) is 0 Å². The number of anilines is 1. The lowest BCUT2D eigenvalue weighted by Gasteiger charge is -2.34. The molecular weight excluding hydrogens is 248 g/mol. The minimum absolute atomic E-state index is 0.321. The van der Waals surface area contributed by atoms with E-state index in [0.717, 1.165) is 18.2 Å². The fourth-order valence-corrected chi connectivity index (χ4v) is 3.34. The van der Waals surface area contributed by atoms with E-state index in [1.807, 2.05) is 0 Å². The van der Waals surface area contributed by atoms with Crippen molar-refractivity contribution >= 4 is 22.4 Å². The van der Waals surface area contributed by atoms with Crippen molar-refractivity contribution in [3.05, 3.63) is 11.1 Å². The number of hydrogen-bond acceptors (Lipinski definition) is 5. The van der Waals surface area contributed by atoms with Gasteiger partial charge in [-0.3, -0.25) is 0 Å². The van der Waals surface area contributed by atoms with E-state index in [2.05, 4.69) is 23.7 Å². The average Bonchev–Trinajstić information content (AvgIpc) is 2.77. The van der Waals surface area contributed by atoms with Crippen molar-refractivity contribution in [2.45, 2.75) is 27.2 Å². The smallest absolute Gasteiger partial charge is 0.357 e. The Hall–Kier alpha value is -1.10. The summed E-state index contributed by atoms with van der Waals surface area (Å²) in [5, 5.41) is 2.73. The molecular formula is C13H20N2O2S. The first kappa shape index (κ1) is 13.3.